The summed E-state index contributed by atoms with van der Waals surface area (Å²) in [6, 6.07) is 8.24. The Morgan fingerprint density at radius 1 is 1.25 bits per heavy atom. The lowest BCUT2D eigenvalue weighted by atomic mass is 10.1. The topological polar surface area (TPSA) is 59.4 Å². The van der Waals surface area contributed by atoms with E-state index in [0.29, 0.717) is 18.8 Å². The molecule has 0 saturated carbocycles. The van der Waals surface area contributed by atoms with Crippen molar-refractivity contribution in [2.75, 3.05) is 20.2 Å². The van der Waals surface area contributed by atoms with Crippen LogP contribution in [-0.2, 0) is 0 Å². The summed E-state index contributed by atoms with van der Waals surface area (Å²) >= 11 is 0. The van der Waals surface area contributed by atoms with Crippen LogP contribution in [0.5, 0.6) is 5.75 Å². The number of piperazine rings is 1. The van der Waals surface area contributed by atoms with Crippen molar-refractivity contribution in [1.82, 2.24) is 20.0 Å². The van der Waals surface area contributed by atoms with E-state index in [0.717, 1.165) is 17.0 Å². The maximum absolute atomic E-state index is 12.7. The van der Waals surface area contributed by atoms with Crippen LogP contribution in [-0.4, -0.2) is 52.9 Å². The third kappa shape index (κ3) is 3.28. The van der Waals surface area contributed by atoms with E-state index in [9.17, 15) is 4.79 Å². The summed E-state index contributed by atoms with van der Waals surface area (Å²) in [4.78, 5) is 14.6. The van der Waals surface area contributed by atoms with Gasteiger partial charge in [0.25, 0.3) is 5.91 Å². The molecule has 2 unspecified atom stereocenters. The van der Waals surface area contributed by atoms with Crippen molar-refractivity contribution in [2.45, 2.75) is 32.9 Å². The average molecular weight is 328 g/mol. The summed E-state index contributed by atoms with van der Waals surface area (Å²) in [5, 5.41) is 7.91. The fourth-order valence-electron chi connectivity index (χ4n) is 3.21. The largest absolute Gasteiger partial charge is 0.494 e. The lowest BCUT2D eigenvalue weighted by Crippen LogP contribution is -2.55. The first-order valence-electron chi connectivity index (χ1n) is 8.24. The number of ether oxygens (including phenoxy) is 1. The Morgan fingerprint density at radius 3 is 2.62 bits per heavy atom. The summed E-state index contributed by atoms with van der Waals surface area (Å²) < 4.78 is 7.11. The van der Waals surface area contributed by atoms with Gasteiger partial charge in [-0.15, -0.1) is 0 Å². The molecule has 0 aliphatic carbocycles. The van der Waals surface area contributed by atoms with Gasteiger partial charge < -0.3 is 15.0 Å². The Hall–Kier alpha value is -2.34. The summed E-state index contributed by atoms with van der Waals surface area (Å²) in [5.74, 6) is 0.702. The molecular formula is C18H24N4O2. The van der Waals surface area contributed by atoms with Crippen LogP contribution in [0.15, 0.2) is 30.5 Å². The number of amides is 1. The standard InChI is InChI=1S/C18H24N4O2/c1-12-5-6-17(24-4)16(9-12)22-8-7-15(20-22)18(23)21-10-13(2)19-14(3)11-21/h5-9,13-14,19H,10-11H2,1-4H3. The molecule has 1 aromatic carbocycles. The first kappa shape index (κ1) is 16.5. The van der Waals surface area contributed by atoms with Gasteiger partial charge in [-0.1, -0.05) is 6.07 Å². The SMILES string of the molecule is COc1ccc(C)cc1-n1ccc(C(=O)N2CC(C)NC(C)C2)n1. The lowest BCUT2D eigenvalue weighted by Gasteiger charge is -2.35. The van der Waals surface area contributed by atoms with E-state index in [2.05, 4.69) is 24.3 Å². The Balaban J connectivity index is 1.85. The minimum atomic E-state index is -0.0273. The van der Waals surface area contributed by atoms with E-state index in [4.69, 9.17) is 4.74 Å². The zero-order chi connectivity index (χ0) is 17.3. The second kappa shape index (κ2) is 6.65. The van der Waals surface area contributed by atoms with Crippen LogP contribution in [0.4, 0.5) is 0 Å². The number of aryl methyl sites for hydroxylation is 1. The molecule has 3 rings (SSSR count). The van der Waals surface area contributed by atoms with Crippen LogP contribution in [0.25, 0.3) is 5.69 Å². The molecule has 2 heterocycles. The van der Waals surface area contributed by atoms with Gasteiger partial charge in [-0.3, -0.25) is 4.79 Å². The highest BCUT2D eigenvalue weighted by Gasteiger charge is 2.27. The Morgan fingerprint density at radius 2 is 1.96 bits per heavy atom. The summed E-state index contributed by atoms with van der Waals surface area (Å²) in [6.45, 7) is 7.59. The highest BCUT2D eigenvalue weighted by atomic mass is 16.5. The van der Waals surface area contributed by atoms with Gasteiger partial charge in [0, 0.05) is 31.4 Å². The Kier molecular flexibility index (Phi) is 4.57. The number of hydrogen-bond donors (Lipinski definition) is 1. The quantitative estimate of drug-likeness (QED) is 0.936. The van der Waals surface area contributed by atoms with E-state index in [1.807, 2.05) is 30.0 Å². The zero-order valence-electron chi connectivity index (χ0n) is 14.6. The van der Waals surface area contributed by atoms with Gasteiger partial charge in [-0.05, 0) is 44.5 Å². The normalized spacial score (nSPS) is 20.9. The van der Waals surface area contributed by atoms with Crippen molar-refractivity contribution in [3.63, 3.8) is 0 Å². The summed E-state index contributed by atoms with van der Waals surface area (Å²) in [7, 11) is 1.63. The number of hydrogen-bond acceptors (Lipinski definition) is 4. The predicted octanol–water partition coefficient (Wildman–Crippen LogP) is 2.01. The van der Waals surface area contributed by atoms with Crippen molar-refractivity contribution in [3.05, 3.63) is 41.7 Å². The van der Waals surface area contributed by atoms with E-state index >= 15 is 0 Å². The van der Waals surface area contributed by atoms with Gasteiger partial charge in [0.2, 0.25) is 0 Å². The number of rotatable bonds is 3. The van der Waals surface area contributed by atoms with E-state index in [1.165, 1.54) is 0 Å². The van der Waals surface area contributed by atoms with Crippen molar-refractivity contribution in [3.8, 4) is 11.4 Å². The minimum absolute atomic E-state index is 0.0273. The number of carbonyl (C=O) groups excluding carboxylic acids is 1. The van der Waals surface area contributed by atoms with E-state index < -0.39 is 0 Å². The molecule has 6 heteroatoms. The van der Waals surface area contributed by atoms with Crippen molar-refractivity contribution < 1.29 is 9.53 Å². The Bertz CT molecular complexity index is 730. The highest BCUT2D eigenvalue weighted by Crippen LogP contribution is 2.23. The minimum Gasteiger partial charge on any atom is -0.494 e. The third-order valence-corrected chi connectivity index (χ3v) is 4.23. The number of methoxy groups -OCH3 is 1. The molecule has 24 heavy (non-hydrogen) atoms. The van der Waals surface area contributed by atoms with Gasteiger partial charge in [0.05, 0.1) is 7.11 Å². The number of aromatic nitrogens is 2. The molecule has 2 aromatic rings. The maximum Gasteiger partial charge on any atom is 0.274 e. The monoisotopic (exact) mass is 328 g/mol. The second-order valence-electron chi connectivity index (χ2n) is 6.50. The molecule has 1 aliphatic rings. The van der Waals surface area contributed by atoms with Gasteiger partial charge in [0.15, 0.2) is 5.69 Å². The molecule has 0 radical (unpaired) electrons. The summed E-state index contributed by atoms with van der Waals surface area (Å²) in [5.41, 5.74) is 2.40. The van der Waals surface area contributed by atoms with Crippen LogP contribution >= 0.6 is 0 Å². The van der Waals surface area contributed by atoms with Gasteiger partial charge >= 0.3 is 0 Å². The fraction of sp³-hybridized carbons (Fsp3) is 0.444. The molecule has 1 fully saturated rings. The molecule has 2 atom stereocenters. The van der Waals surface area contributed by atoms with Gasteiger partial charge in [-0.25, -0.2) is 4.68 Å². The lowest BCUT2D eigenvalue weighted by molar-refractivity contribution is 0.0667. The van der Waals surface area contributed by atoms with Crippen LogP contribution in [0, 0.1) is 6.92 Å². The molecule has 128 valence electrons. The van der Waals surface area contributed by atoms with Crippen LogP contribution in [0.2, 0.25) is 0 Å². The fourth-order valence-corrected chi connectivity index (χ4v) is 3.21. The molecule has 0 spiro atoms. The zero-order valence-corrected chi connectivity index (χ0v) is 14.6. The highest BCUT2D eigenvalue weighted by molar-refractivity contribution is 5.92. The van der Waals surface area contributed by atoms with Crippen LogP contribution < -0.4 is 10.1 Å². The van der Waals surface area contributed by atoms with Crippen LogP contribution in [0.1, 0.15) is 29.9 Å². The molecule has 1 aromatic heterocycles. The van der Waals surface area contributed by atoms with E-state index in [1.54, 1.807) is 24.1 Å². The number of carbonyl (C=O) groups is 1. The van der Waals surface area contributed by atoms with Crippen molar-refractivity contribution >= 4 is 5.91 Å². The molecule has 6 nitrogen and oxygen atoms in total. The molecule has 0 bridgehead atoms. The maximum atomic E-state index is 12.7. The summed E-state index contributed by atoms with van der Waals surface area (Å²) in [6.07, 6.45) is 1.81. The molecule has 1 aliphatic heterocycles. The smallest absolute Gasteiger partial charge is 0.274 e. The second-order valence-corrected chi connectivity index (χ2v) is 6.50. The van der Waals surface area contributed by atoms with E-state index in [-0.39, 0.29) is 18.0 Å². The number of benzene rings is 1. The molecule has 1 saturated heterocycles. The predicted molar refractivity (Wildman–Crippen MR) is 92.8 cm³/mol. The van der Waals surface area contributed by atoms with Crippen molar-refractivity contribution in [1.29, 1.82) is 0 Å². The average Bonchev–Trinajstić information content (AvgIpc) is 3.03. The van der Waals surface area contributed by atoms with Gasteiger partial charge in [-0.2, -0.15) is 5.10 Å². The van der Waals surface area contributed by atoms with Crippen LogP contribution in [0.3, 0.4) is 0 Å². The Labute approximate surface area is 142 Å². The van der Waals surface area contributed by atoms with Crippen molar-refractivity contribution in [2.24, 2.45) is 0 Å². The number of nitrogens with one attached hydrogen (secondary N) is 1. The van der Waals surface area contributed by atoms with Gasteiger partial charge in [0.1, 0.15) is 11.4 Å². The number of nitrogens with zero attached hydrogens (tertiary/aromatic N) is 3. The molecule has 1 N–H and O–H groups in total. The first-order valence-corrected chi connectivity index (χ1v) is 8.24. The third-order valence-electron chi connectivity index (χ3n) is 4.23. The molecule has 1 amide bonds. The first-order chi connectivity index (χ1) is 11.5. The molecular weight excluding hydrogens is 304 g/mol.